The van der Waals surface area contributed by atoms with Crippen LogP contribution in [0.25, 0.3) is 22.4 Å². The maximum absolute atomic E-state index is 12.2. The summed E-state index contributed by atoms with van der Waals surface area (Å²) in [5.74, 6) is 0. The molecule has 0 aliphatic carbocycles. The lowest BCUT2D eigenvalue weighted by Crippen LogP contribution is -2.39. The van der Waals surface area contributed by atoms with Crippen LogP contribution in [0.15, 0.2) is 70.5 Å². The zero-order valence-electron chi connectivity index (χ0n) is 19.9. The number of aromatic nitrogens is 1. The number of carbonyl (C=O) groups is 1. The van der Waals surface area contributed by atoms with Crippen molar-refractivity contribution in [3.05, 3.63) is 77.3 Å². The summed E-state index contributed by atoms with van der Waals surface area (Å²) in [6.45, 7) is 10.0. The van der Waals surface area contributed by atoms with Gasteiger partial charge in [0.05, 0.1) is 11.8 Å². The molecule has 2 aliphatic rings. The van der Waals surface area contributed by atoms with Crippen molar-refractivity contribution in [2.45, 2.75) is 43.2 Å². The molecule has 8 heteroatoms. The highest BCUT2D eigenvalue weighted by atomic mass is 32.2. The van der Waals surface area contributed by atoms with Gasteiger partial charge in [-0.15, -0.1) is 0 Å². The summed E-state index contributed by atoms with van der Waals surface area (Å²) in [7, 11) is 0. The third kappa shape index (κ3) is 5.31. The number of fused-ring (bicyclic) bond motifs is 1. The quantitative estimate of drug-likeness (QED) is 0.450. The van der Waals surface area contributed by atoms with Crippen molar-refractivity contribution in [1.29, 1.82) is 0 Å². The topological polar surface area (TPSA) is 107 Å². The summed E-state index contributed by atoms with van der Waals surface area (Å²) in [4.78, 5) is 22.2. The molecule has 0 spiro atoms. The fourth-order valence-electron chi connectivity index (χ4n) is 3.78. The van der Waals surface area contributed by atoms with Gasteiger partial charge in [0, 0.05) is 35.0 Å². The largest absolute Gasteiger partial charge is 0.389 e. The van der Waals surface area contributed by atoms with Crippen LogP contribution in [0.5, 0.6) is 0 Å². The molecule has 180 valence electrons. The third-order valence-corrected chi connectivity index (χ3v) is 7.01. The average Bonchev–Trinajstić information content (AvgIpc) is 3.00. The second kappa shape index (κ2) is 10.5. The summed E-state index contributed by atoms with van der Waals surface area (Å²) in [5, 5.41) is 25.2. The highest BCUT2D eigenvalue weighted by molar-refractivity contribution is 8.01. The van der Waals surface area contributed by atoms with Crippen LogP contribution in [0.3, 0.4) is 0 Å². The molecule has 0 saturated heterocycles. The zero-order chi connectivity index (χ0) is 25.1. The Balaban J connectivity index is 1.78. The number of nitrogens with one attached hydrogen (secondary N) is 2. The fourth-order valence-corrected chi connectivity index (χ4v) is 5.05. The van der Waals surface area contributed by atoms with Crippen molar-refractivity contribution >= 4 is 35.2 Å². The van der Waals surface area contributed by atoms with Crippen LogP contribution in [0.4, 0.5) is 4.79 Å². The summed E-state index contributed by atoms with van der Waals surface area (Å²) in [6.07, 6.45) is 5.69. The standard InChI is InChI=1S/C27H28N4O3S/c1-5-28-27(34)31-26-15(2)21-11-20(19-7-6-8-23(17(4)33)29-14-19)12-22(25(21)35-26)24-10-9-18(13-30-24)16(3)32/h6-7,9-14,16-17,26,32-33H,2,5H2,1,3-4H3,(H2,28,31,34). The Hall–Kier alpha value is -3.42. The lowest BCUT2D eigenvalue weighted by Gasteiger charge is -2.13. The molecule has 2 amide bonds. The van der Waals surface area contributed by atoms with Gasteiger partial charge in [0.2, 0.25) is 0 Å². The van der Waals surface area contributed by atoms with Gasteiger partial charge >= 0.3 is 6.03 Å². The van der Waals surface area contributed by atoms with Gasteiger partial charge in [-0.2, -0.15) is 0 Å². The van der Waals surface area contributed by atoms with Gasteiger partial charge in [0.1, 0.15) is 17.2 Å². The second-order valence-electron chi connectivity index (χ2n) is 8.33. The fraction of sp³-hybridized carbons (Fsp3) is 0.259. The lowest BCUT2D eigenvalue weighted by atomic mass is 9.95. The summed E-state index contributed by atoms with van der Waals surface area (Å²) >= 11 is 1.52. The molecule has 2 aromatic rings. The molecule has 0 bridgehead atoms. The molecule has 0 radical (unpaired) electrons. The zero-order valence-corrected chi connectivity index (χ0v) is 20.7. The van der Waals surface area contributed by atoms with Gasteiger partial charge < -0.3 is 20.8 Å². The number of carbonyl (C=O) groups excluding carboxylic acids is 1. The highest BCUT2D eigenvalue weighted by Crippen LogP contribution is 2.48. The molecule has 1 aromatic heterocycles. The number of amides is 2. The van der Waals surface area contributed by atoms with Gasteiger partial charge in [-0.3, -0.25) is 4.98 Å². The predicted molar refractivity (Wildman–Crippen MR) is 141 cm³/mol. The molecule has 0 saturated carbocycles. The van der Waals surface area contributed by atoms with E-state index in [1.807, 2.05) is 37.3 Å². The molecule has 3 atom stereocenters. The number of allylic oxidation sites excluding steroid dienone is 2. The second-order valence-corrected chi connectivity index (χ2v) is 9.45. The van der Waals surface area contributed by atoms with Gasteiger partial charge in [-0.05, 0) is 73.4 Å². The molecule has 2 aliphatic heterocycles. The molecule has 1 aromatic carbocycles. The SMILES string of the molecule is C=C1c2cc(C3=CC=C=C(C(C)O)N=C3)cc(-c3ccc(C(C)O)cn3)c2SC1NC(=O)NCC. The van der Waals surface area contributed by atoms with Crippen molar-refractivity contribution in [2.24, 2.45) is 4.99 Å². The highest BCUT2D eigenvalue weighted by Gasteiger charge is 2.31. The molecule has 3 heterocycles. The van der Waals surface area contributed by atoms with E-state index in [-0.39, 0.29) is 11.4 Å². The molecule has 3 unspecified atom stereocenters. The van der Waals surface area contributed by atoms with E-state index >= 15 is 0 Å². The maximum Gasteiger partial charge on any atom is 0.315 e. The first-order valence-electron chi connectivity index (χ1n) is 11.4. The maximum atomic E-state index is 12.2. The number of hydrogen-bond donors (Lipinski definition) is 4. The summed E-state index contributed by atoms with van der Waals surface area (Å²) < 4.78 is 0. The minimum atomic E-state index is -0.722. The van der Waals surface area contributed by atoms with Crippen LogP contribution < -0.4 is 10.6 Å². The van der Waals surface area contributed by atoms with E-state index in [2.05, 4.69) is 32.9 Å². The van der Waals surface area contributed by atoms with Crippen LogP contribution in [0.2, 0.25) is 0 Å². The molecule has 4 N–H and O–H groups in total. The van der Waals surface area contributed by atoms with Crippen molar-refractivity contribution < 1.29 is 15.0 Å². The first kappa shape index (κ1) is 24.7. The van der Waals surface area contributed by atoms with Crippen LogP contribution in [0, 0.1) is 0 Å². The van der Waals surface area contributed by atoms with E-state index in [1.165, 1.54) is 11.8 Å². The van der Waals surface area contributed by atoms with E-state index in [9.17, 15) is 15.0 Å². The minimum absolute atomic E-state index is 0.249. The number of benzene rings is 1. The van der Waals surface area contributed by atoms with Crippen molar-refractivity contribution in [1.82, 2.24) is 15.6 Å². The third-order valence-electron chi connectivity index (χ3n) is 5.70. The first-order chi connectivity index (χ1) is 16.8. The van der Waals surface area contributed by atoms with Crippen LogP contribution in [0.1, 0.15) is 43.6 Å². The summed E-state index contributed by atoms with van der Waals surface area (Å²) in [6, 6.07) is 7.57. The minimum Gasteiger partial charge on any atom is -0.389 e. The van der Waals surface area contributed by atoms with Crippen LogP contribution in [-0.4, -0.2) is 45.5 Å². The van der Waals surface area contributed by atoms with E-state index in [1.54, 1.807) is 32.3 Å². The van der Waals surface area contributed by atoms with Gasteiger partial charge in [0.25, 0.3) is 0 Å². The van der Waals surface area contributed by atoms with E-state index < -0.39 is 12.2 Å². The number of hydrogen-bond acceptors (Lipinski definition) is 6. The molecular formula is C27H28N4O3S. The number of aliphatic imine (C=N–C) groups is 1. The van der Waals surface area contributed by atoms with Gasteiger partial charge in [-0.1, -0.05) is 30.1 Å². The molecule has 4 rings (SSSR count). The van der Waals surface area contributed by atoms with Gasteiger partial charge in [0.15, 0.2) is 0 Å². The number of rotatable bonds is 6. The van der Waals surface area contributed by atoms with Crippen molar-refractivity contribution in [2.75, 3.05) is 6.54 Å². The lowest BCUT2D eigenvalue weighted by molar-refractivity contribution is 0.199. The smallest absolute Gasteiger partial charge is 0.315 e. The number of nitrogens with zero attached hydrogens (tertiary/aromatic N) is 2. The first-order valence-corrected chi connectivity index (χ1v) is 12.3. The number of aliphatic hydroxyl groups is 2. The average molecular weight is 489 g/mol. The van der Waals surface area contributed by atoms with E-state index in [0.717, 1.165) is 44.0 Å². The monoisotopic (exact) mass is 488 g/mol. The molecule has 0 fully saturated rings. The van der Waals surface area contributed by atoms with Crippen LogP contribution >= 0.6 is 11.8 Å². The normalized spacial score (nSPS) is 18.3. The van der Waals surface area contributed by atoms with Crippen molar-refractivity contribution in [3.8, 4) is 11.3 Å². The Morgan fingerprint density at radius 2 is 2.00 bits per heavy atom. The summed E-state index contributed by atoms with van der Waals surface area (Å²) in [5.41, 5.74) is 9.30. The number of urea groups is 1. The van der Waals surface area contributed by atoms with Crippen molar-refractivity contribution in [3.63, 3.8) is 0 Å². The number of thioether (sulfide) groups is 1. The Morgan fingerprint density at radius 1 is 1.23 bits per heavy atom. The molecule has 35 heavy (non-hydrogen) atoms. The predicted octanol–water partition coefficient (Wildman–Crippen LogP) is 4.45. The van der Waals surface area contributed by atoms with E-state index in [4.69, 9.17) is 0 Å². The van der Waals surface area contributed by atoms with E-state index in [0.29, 0.717) is 12.2 Å². The van der Waals surface area contributed by atoms with Gasteiger partial charge in [-0.25, -0.2) is 9.79 Å². The Kier molecular flexibility index (Phi) is 7.38. The van der Waals surface area contributed by atoms with Crippen LogP contribution in [-0.2, 0) is 0 Å². The molecule has 7 nitrogen and oxygen atoms in total. The Bertz CT molecular complexity index is 1290. The Morgan fingerprint density at radius 3 is 2.66 bits per heavy atom. The number of pyridine rings is 1. The molecular weight excluding hydrogens is 460 g/mol. The number of aliphatic hydroxyl groups excluding tert-OH is 2. The Labute approximate surface area is 209 Å².